The highest BCUT2D eigenvalue weighted by Gasteiger charge is 2.35. The third-order valence-electron chi connectivity index (χ3n) is 1.95. The van der Waals surface area contributed by atoms with Crippen molar-refractivity contribution in [3.63, 3.8) is 0 Å². The van der Waals surface area contributed by atoms with Crippen LogP contribution in [0.3, 0.4) is 0 Å². The Morgan fingerprint density at radius 1 is 1.05 bits per heavy atom. The molecule has 0 bridgehead atoms. The van der Waals surface area contributed by atoms with Gasteiger partial charge in [-0.1, -0.05) is 6.08 Å². The van der Waals surface area contributed by atoms with E-state index in [2.05, 4.69) is 0 Å². The second kappa shape index (κ2) is 8.43. The molecule has 0 atom stereocenters. The van der Waals surface area contributed by atoms with Gasteiger partial charge in [0.2, 0.25) is 0 Å². The van der Waals surface area contributed by atoms with Gasteiger partial charge in [-0.05, 0) is 52.6 Å². The van der Waals surface area contributed by atoms with E-state index in [-0.39, 0.29) is 18.7 Å². The van der Waals surface area contributed by atoms with Gasteiger partial charge < -0.3 is 13.2 Å². The average Bonchev–Trinajstić information content (AvgIpc) is 2.19. The molecule has 0 aliphatic carbocycles. The van der Waals surface area contributed by atoms with Crippen LogP contribution in [0.2, 0.25) is 39.3 Å². The van der Waals surface area contributed by atoms with Gasteiger partial charge in [-0.3, -0.25) is 4.57 Å². The molecule has 21 heavy (non-hydrogen) atoms. The lowest BCUT2D eigenvalue weighted by molar-refractivity contribution is -0.137. The Morgan fingerprint density at radius 2 is 1.52 bits per heavy atom. The Hall–Kier alpha value is -0.206. The molecule has 0 amide bonds. The minimum absolute atomic E-state index is 0.220. The Balaban J connectivity index is 4.56. The summed E-state index contributed by atoms with van der Waals surface area (Å²) in [6.45, 7) is 13.9. The molecule has 0 aromatic heterocycles. The highest BCUT2D eigenvalue weighted by molar-refractivity contribution is 7.57. The van der Waals surface area contributed by atoms with Gasteiger partial charge in [0.05, 0.1) is 12.8 Å². The van der Waals surface area contributed by atoms with E-state index in [1.807, 2.05) is 39.3 Å². The number of hydrogen-bond acceptors (Lipinski definition) is 5. The van der Waals surface area contributed by atoms with Crippen LogP contribution in [-0.4, -0.2) is 35.4 Å². The van der Waals surface area contributed by atoms with E-state index in [9.17, 15) is 9.36 Å². The molecule has 0 saturated carbocycles. The highest BCUT2D eigenvalue weighted by atomic mass is 31.2. The zero-order chi connectivity index (χ0) is 16.7. The van der Waals surface area contributed by atoms with E-state index in [1.165, 1.54) is 6.08 Å². The van der Waals surface area contributed by atoms with Gasteiger partial charge >= 0.3 is 13.6 Å². The smallest absolute Gasteiger partial charge is 0.330 e. The van der Waals surface area contributed by atoms with Crippen LogP contribution in [0.25, 0.3) is 0 Å². The van der Waals surface area contributed by atoms with Crippen molar-refractivity contribution in [3.05, 3.63) is 12.2 Å². The maximum absolute atomic E-state index is 12.9. The molecule has 0 aliphatic rings. The Kier molecular flexibility index (Phi) is 8.35. The molecule has 0 aliphatic heterocycles. The number of ether oxygens (including phenoxy) is 1. The van der Waals surface area contributed by atoms with Gasteiger partial charge in [0.1, 0.15) is 0 Å². The third-order valence-corrected chi connectivity index (χ3v) is 9.42. The van der Waals surface area contributed by atoms with E-state index >= 15 is 0 Å². The first-order chi connectivity index (χ1) is 9.37. The Morgan fingerprint density at radius 3 is 1.90 bits per heavy atom. The van der Waals surface area contributed by atoms with Crippen molar-refractivity contribution in [2.24, 2.45) is 0 Å². The normalized spacial score (nSPS) is 13.7. The number of carbonyl (C=O) groups excluding carboxylic acids is 1. The predicted molar refractivity (Wildman–Crippen MR) is 91.7 cm³/mol. The van der Waals surface area contributed by atoms with Crippen molar-refractivity contribution < 1.29 is 22.5 Å². The summed E-state index contributed by atoms with van der Waals surface area (Å²) in [7, 11) is -7.07. The molecule has 0 rings (SSSR count). The van der Waals surface area contributed by atoms with Gasteiger partial charge in [-0.2, -0.15) is 0 Å². The third kappa shape index (κ3) is 12.1. The lowest BCUT2D eigenvalue weighted by Gasteiger charge is -2.31. The van der Waals surface area contributed by atoms with Crippen molar-refractivity contribution in [3.8, 4) is 0 Å². The monoisotopic (exact) mass is 352 g/mol. The van der Waals surface area contributed by atoms with E-state index < -0.39 is 24.2 Å². The van der Waals surface area contributed by atoms with Gasteiger partial charge in [0.15, 0.2) is 16.6 Å². The van der Waals surface area contributed by atoms with E-state index in [0.29, 0.717) is 6.42 Å². The van der Waals surface area contributed by atoms with Crippen LogP contribution >= 0.6 is 7.60 Å². The molecule has 0 aromatic rings. The van der Waals surface area contributed by atoms with E-state index in [4.69, 9.17) is 13.2 Å². The fourth-order valence-electron chi connectivity index (χ4n) is 1.56. The fourth-order valence-corrected chi connectivity index (χ4v) is 9.97. The molecule has 8 heteroatoms. The topological polar surface area (TPSA) is 61.8 Å². The minimum atomic E-state index is -3.12. The summed E-state index contributed by atoms with van der Waals surface area (Å²) >= 11 is 0. The maximum atomic E-state index is 12.9. The van der Waals surface area contributed by atoms with Crippen molar-refractivity contribution in [1.29, 1.82) is 0 Å². The number of esters is 1. The second-order valence-corrected chi connectivity index (χ2v) is 18.3. The van der Waals surface area contributed by atoms with Gasteiger partial charge in [-0.15, -0.1) is 0 Å². The Labute approximate surface area is 130 Å². The van der Waals surface area contributed by atoms with E-state index in [0.717, 1.165) is 0 Å². The van der Waals surface area contributed by atoms with Crippen LogP contribution in [0.5, 0.6) is 0 Å². The molecule has 0 unspecified atom stereocenters. The average molecular weight is 353 g/mol. The molecule has 0 heterocycles. The van der Waals surface area contributed by atoms with Crippen molar-refractivity contribution in [2.75, 3.05) is 12.8 Å². The van der Waals surface area contributed by atoms with Gasteiger partial charge in [0, 0.05) is 6.08 Å². The molecule has 124 valence electrons. The lowest BCUT2D eigenvalue weighted by atomic mass is 10.5. The van der Waals surface area contributed by atoms with Crippen LogP contribution < -0.4 is 0 Å². The van der Waals surface area contributed by atoms with Crippen LogP contribution in [0.15, 0.2) is 12.2 Å². The summed E-state index contributed by atoms with van der Waals surface area (Å²) < 4.78 is 29.5. The predicted octanol–water partition coefficient (Wildman–Crippen LogP) is 4.39. The molecule has 0 spiro atoms. The molecular weight excluding hydrogens is 323 g/mol. The fraction of sp³-hybridized carbons (Fsp3) is 0.769. The number of allylic oxidation sites excluding steroid dienone is 1. The highest BCUT2D eigenvalue weighted by Crippen LogP contribution is 2.53. The molecule has 0 radical (unpaired) electrons. The van der Waals surface area contributed by atoms with Crippen LogP contribution in [-0.2, 0) is 22.5 Å². The standard InChI is InChI=1S/C13H29O5PSi2/c1-8-10-13(14)16-11-9-12-19(15,17-20(2,3)4)18-21(5,6)7/h8,10H,9,11-12H2,1-7H3. The first-order valence-corrected chi connectivity index (χ1v) is 15.7. The molecular formula is C13H29O5PSi2. The van der Waals surface area contributed by atoms with Crippen molar-refractivity contribution >= 4 is 30.2 Å². The molecule has 0 N–H and O–H groups in total. The number of hydrogen-bond donors (Lipinski definition) is 0. The summed E-state index contributed by atoms with van der Waals surface area (Å²) in [6, 6.07) is 0. The summed E-state index contributed by atoms with van der Waals surface area (Å²) in [5, 5.41) is 0. The summed E-state index contributed by atoms with van der Waals surface area (Å²) in [6.07, 6.45) is 3.73. The van der Waals surface area contributed by atoms with E-state index in [1.54, 1.807) is 13.0 Å². The second-order valence-electron chi connectivity index (χ2n) is 6.76. The molecule has 0 fully saturated rings. The summed E-state index contributed by atoms with van der Waals surface area (Å²) in [4.78, 5) is 11.2. The van der Waals surface area contributed by atoms with Crippen molar-refractivity contribution in [1.82, 2.24) is 0 Å². The SMILES string of the molecule is CC=CC(=O)OCCCP(=O)(O[Si](C)(C)C)O[Si](C)(C)C. The van der Waals surface area contributed by atoms with Gasteiger partial charge in [-0.25, -0.2) is 4.79 Å². The lowest BCUT2D eigenvalue weighted by Crippen LogP contribution is -2.30. The first kappa shape index (κ1) is 20.8. The molecule has 0 saturated heterocycles. The zero-order valence-corrected chi connectivity index (χ0v) is 17.2. The quantitative estimate of drug-likeness (QED) is 0.202. The summed E-state index contributed by atoms with van der Waals surface area (Å²) in [5.74, 6) is -0.385. The molecule has 0 aromatic carbocycles. The van der Waals surface area contributed by atoms with Crippen molar-refractivity contribution in [2.45, 2.75) is 52.6 Å². The van der Waals surface area contributed by atoms with Crippen LogP contribution in [0.1, 0.15) is 13.3 Å². The Bertz CT molecular complexity index is 390. The minimum Gasteiger partial charge on any atom is -0.463 e. The van der Waals surface area contributed by atoms with Gasteiger partial charge in [0.25, 0.3) is 0 Å². The number of rotatable bonds is 9. The van der Waals surface area contributed by atoms with Crippen LogP contribution in [0, 0.1) is 0 Å². The molecule has 5 nitrogen and oxygen atoms in total. The number of carbonyl (C=O) groups is 1. The first-order valence-electron chi connectivity index (χ1n) is 7.17. The summed E-state index contributed by atoms with van der Waals surface area (Å²) in [5.41, 5.74) is 0. The largest absolute Gasteiger partial charge is 0.463 e. The van der Waals surface area contributed by atoms with Crippen LogP contribution in [0.4, 0.5) is 0 Å². The zero-order valence-electron chi connectivity index (χ0n) is 14.3. The maximum Gasteiger partial charge on any atom is 0.330 e.